The summed E-state index contributed by atoms with van der Waals surface area (Å²) in [6.45, 7) is 0. The van der Waals surface area contributed by atoms with Crippen LogP contribution in [0.4, 0.5) is 35.1 Å². The molecule has 0 saturated carbocycles. The maximum atomic E-state index is 11.9. The number of allylic oxidation sites excluding steroid dienone is 1. The number of carbonyl (C=O) groups is 1. The third-order valence-electron chi connectivity index (χ3n) is 1.33. The van der Waals surface area contributed by atoms with Gasteiger partial charge in [-0.3, -0.25) is 9.69 Å². The minimum Gasteiger partial charge on any atom is -0.299 e. The summed E-state index contributed by atoms with van der Waals surface area (Å²) in [5.74, 6) is -3.03. The smallest absolute Gasteiger partial charge is 0.299 e. The highest BCUT2D eigenvalue weighted by molar-refractivity contribution is 5.83. The van der Waals surface area contributed by atoms with E-state index in [1.54, 1.807) is 0 Å². The molecule has 0 unspecified atom stereocenters. The zero-order valence-electron chi connectivity index (χ0n) is 7.38. The van der Waals surface area contributed by atoms with Gasteiger partial charge in [-0.15, -0.1) is 0 Å². The summed E-state index contributed by atoms with van der Waals surface area (Å²) in [5.41, 5.74) is -2.94. The van der Waals surface area contributed by atoms with E-state index in [-0.39, 0.29) is 7.05 Å². The number of halogens is 8. The predicted octanol–water partition coefficient (Wildman–Crippen LogP) is 2.68. The molecule has 94 valence electrons. The molecule has 2 nitrogen and oxygen atoms in total. The van der Waals surface area contributed by atoms with Crippen LogP contribution in [0.5, 0.6) is 0 Å². The lowest BCUT2D eigenvalue weighted by atomic mass is 10.4. The molecule has 0 rings (SSSR count). The van der Waals surface area contributed by atoms with E-state index < -0.39 is 34.9 Å². The standard InChI is InChI=1S/C6H3F8NO/c1-15(4(16)6(12,13)14)2(3(7)8)5(9,10)11/h1H3. The molecule has 0 spiro atoms. The first-order valence-electron chi connectivity index (χ1n) is 3.36. The van der Waals surface area contributed by atoms with Gasteiger partial charge in [0.15, 0.2) is 5.70 Å². The number of carbonyl (C=O) groups excluding carboxylic acids is 1. The van der Waals surface area contributed by atoms with E-state index in [1.807, 2.05) is 0 Å². The monoisotopic (exact) mass is 257 g/mol. The van der Waals surface area contributed by atoms with Gasteiger partial charge >= 0.3 is 18.3 Å². The van der Waals surface area contributed by atoms with E-state index in [9.17, 15) is 39.9 Å². The largest absolute Gasteiger partial charge is 0.471 e. The van der Waals surface area contributed by atoms with Crippen molar-refractivity contribution >= 4 is 5.91 Å². The summed E-state index contributed by atoms with van der Waals surface area (Å²) in [7, 11) is -0.0438. The van der Waals surface area contributed by atoms with Crippen molar-refractivity contribution < 1.29 is 39.9 Å². The van der Waals surface area contributed by atoms with Crippen molar-refractivity contribution in [2.45, 2.75) is 12.4 Å². The maximum Gasteiger partial charge on any atom is 0.471 e. The molecule has 10 heteroatoms. The van der Waals surface area contributed by atoms with E-state index in [1.165, 1.54) is 0 Å². The summed E-state index contributed by atoms with van der Waals surface area (Å²) in [6.07, 6.45) is -14.8. The molecule has 0 N–H and O–H groups in total. The van der Waals surface area contributed by atoms with E-state index in [0.717, 1.165) is 0 Å². The zero-order valence-corrected chi connectivity index (χ0v) is 7.38. The first-order chi connectivity index (χ1) is 6.89. The van der Waals surface area contributed by atoms with Crippen molar-refractivity contribution in [1.29, 1.82) is 0 Å². The van der Waals surface area contributed by atoms with Crippen molar-refractivity contribution in [2.24, 2.45) is 0 Å². The van der Waals surface area contributed by atoms with Gasteiger partial charge in [0.05, 0.1) is 0 Å². The lowest BCUT2D eigenvalue weighted by molar-refractivity contribution is -0.188. The van der Waals surface area contributed by atoms with Gasteiger partial charge in [-0.2, -0.15) is 35.1 Å². The van der Waals surface area contributed by atoms with Crippen molar-refractivity contribution in [1.82, 2.24) is 4.90 Å². The van der Waals surface area contributed by atoms with Gasteiger partial charge in [0.2, 0.25) is 0 Å². The summed E-state index contributed by atoms with van der Waals surface area (Å²) in [6, 6.07) is 0. The van der Waals surface area contributed by atoms with Crippen molar-refractivity contribution in [3.63, 3.8) is 0 Å². The van der Waals surface area contributed by atoms with Gasteiger partial charge in [-0.1, -0.05) is 0 Å². The highest BCUT2D eigenvalue weighted by Gasteiger charge is 2.49. The van der Waals surface area contributed by atoms with Crippen LogP contribution in [0.2, 0.25) is 0 Å². The molecule has 0 aromatic carbocycles. The highest BCUT2D eigenvalue weighted by Crippen LogP contribution is 2.33. The third-order valence-corrected chi connectivity index (χ3v) is 1.33. The Bertz CT molecular complexity index is 309. The number of hydrogen-bond donors (Lipinski definition) is 0. The normalized spacial score (nSPS) is 12.3. The van der Waals surface area contributed by atoms with Crippen molar-refractivity contribution in [2.75, 3.05) is 7.05 Å². The first kappa shape index (κ1) is 14.7. The van der Waals surface area contributed by atoms with Gasteiger partial charge in [0.25, 0.3) is 6.08 Å². The van der Waals surface area contributed by atoms with E-state index in [4.69, 9.17) is 0 Å². The second-order valence-corrected chi connectivity index (χ2v) is 2.47. The molecule has 16 heavy (non-hydrogen) atoms. The second kappa shape index (κ2) is 4.26. The molecule has 0 aromatic rings. The fourth-order valence-corrected chi connectivity index (χ4v) is 0.716. The summed E-state index contributed by atoms with van der Waals surface area (Å²) < 4.78 is 94.3. The Morgan fingerprint density at radius 3 is 1.50 bits per heavy atom. The van der Waals surface area contributed by atoms with E-state index in [2.05, 4.69) is 0 Å². The molecule has 0 aromatic heterocycles. The van der Waals surface area contributed by atoms with Crippen molar-refractivity contribution in [3.05, 3.63) is 11.8 Å². The van der Waals surface area contributed by atoms with Gasteiger partial charge < -0.3 is 0 Å². The molecule has 1 amide bonds. The minimum atomic E-state index is -5.76. The predicted molar refractivity (Wildman–Crippen MR) is 34.1 cm³/mol. The Kier molecular flexibility index (Phi) is 3.90. The number of rotatable bonds is 1. The Balaban J connectivity index is 5.33. The average Bonchev–Trinajstić information content (AvgIpc) is 1.97. The second-order valence-electron chi connectivity index (χ2n) is 2.47. The Labute approximate surface area is 83.1 Å². The van der Waals surface area contributed by atoms with Crippen LogP contribution in [0.15, 0.2) is 11.8 Å². The lowest BCUT2D eigenvalue weighted by Crippen LogP contribution is -2.42. The summed E-state index contributed by atoms with van der Waals surface area (Å²) in [4.78, 5) is 9.11. The van der Waals surface area contributed by atoms with Crippen LogP contribution in [-0.4, -0.2) is 30.2 Å². The topological polar surface area (TPSA) is 20.3 Å². The molecule has 0 aliphatic carbocycles. The molecule has 0 heterocycles. The molecular formula is C6H3F8NO. The number of alkyl halides is 6. The van der Waals surface area contributed by atoms with Gasteiger partial charge in [0, 0.05) is 7.05 Å². The quantitative estimate of drug-likeness (QED) is 0.661. The molecule has 0 radical (unpaired) electrons. The van der Waals surface area contributed by atoms with E-state index >= 15 is 0 Å². The lowest BCUT2D eigenvalue weighted by Gasteiger charge is -2.22. The summed E-state index contributed by atoms with van der Waals surface area (Å²) >= 11 is 0. The van der Waals surface area contributed by atoms with Crippen LogP contribution in [0.1, 0.15) is 0 Å². The van der Waals surface area contributed by atoms with Crippen LogP contribution < -0.4 is 0 Å². The van der Waals surface area contributed by atoms with Crippen LogP contribution in [-0.2, 0) is 4.79 Å². The Morgan fingerprint density at radius 1 is 0.938 bits per heavy atom. The van der Waals surface area contributed by atoms with Gasteiger partial charge in [0.1, 0.15) is 0 Å². The van der Waals surface area contributed by atoms with Crippen LogP contribution >= 0.6 is 0 Å². The molecule has 0 fully saturated rings. The fourth-order valence-electron chi connectivity index (χ4n) is 0.716. The number of hydrogen-bond acceptors (Lipinski definition) is 1. The zero-order chi connectivity index (χ0) is 13.3. The molecular weight excluding hydrogens is 254 g/mol. The number of nitrogens with zero attached hydrogens (tertiary/aromatic N) is 1. The number of amides is 1. The molecule has 0 saturated heterocycles. The Morgan fingerprint density at radius 2 is 1.31 bits per heavy atom. The van der Waals surface area contributed by atoms with Crippen LogP contribution in [0.3, 0.4) is 0 Å². The minimum absolute atomic E-state index is 0.0438. The first-order valence-corrected chi connectivity index (χ1v) is 3.36. The fraction of sp³-hybridized carbons (Fsp3) is 0.500. The van der Waals surface area contributed by atoms with Crippen LogP contribution in [0, 0.1) is 0 Å². The average molecular weight is 257 g/mol. The Hall–Kier alpha value is -1.35. The van der Waals surface area contributed by atoms with E-state index in [0.29, 0.717) is 0 Å². The van der Waals surface area contributed by atoms with Crippen LogP contribution in [0.25, 0.3) is 0 Å². The highest BCUT2D eigenvalue weighted by atomic mass is 19.4. The van der Waals surface area contributed by atoms with Gasteiger partial charge in [-0.25, -0.2) is 0 Å². The molecule has 0 aliphatic rings. The van der Waals surface area contributed by atoms with Crippen molar-refractivity contribution in [3.8, 4) is 0 Å². The molecule has 0 bridgehead atoms. The summed E-state index contributed by atoms with van der Waals surface area (Å²) in [5, 5.41) is 0. The SMILES string of the molecule is CN(C(=O)C(F)(F)F)C(=C(F)F)C(F)(F)F. The molecule has 0 aliphatic heterocycles. The molecule has 0 atom stereocenters. The van der Waals surface area contributed by atoms with Gasteiger partial charge in [-0.05, 0) is 0 Å². The maximum absolute atomic E-state index is 11.9. The third kappa shape index (κ3) is 3.35.